The van der Waals surface area contributed by atoms with Crippen molar-refractivity contribution < 1.29 is 4.79 Å². The Labute approximate surface area is 154 Å². The standard InChI is InChI=1S/C17H24Cl2N2O.ClH/c1-12(14-3-5-20-6-4-14)8-17(22)21-7-2-13-9-15(18)11-16(19)10-13;/h9-12,14,20H,2-8H2,1H3,(H,21,22);1H. The summed E-state index contributed by atoms with van der Waals surface area (Å²) in [7, 11) is 0. The highest BCUT2D eigenvalue weighted by Gasteiger charge is 2.21. The Kier molecular flexibility index (Phi) is 9.30. The fraction of sp³-hybridized carbons (Fsp3) is 0.588. The van der Waals surface area contributed by atoms with Gasteiger partial charge in [-0.2, -0.15) is 0 Å². The SMILES string of the molecule is CC(CC(=O)NCCc1cc(Cl)cc(Cl)c1)C1CCNCC1.Cl. The molecule has 1 aromatic rings. The van der Waals surface area contributed by atoms with Crippen molar-refractivity contribution in [2.75, 3.05) is 19.6 Å². The molecule has 1 fully saturated rings. The van der Waals surface area contributed by atoms with Gasteiger partial charge < -0.3 is 10.6 Å². The summed E-state index contributed by atoms with van der Waals surface area (Å²) in [5.74, 6) is 1.25. The smallest absolute Gasteiger partial charge is 0.220 e. The maximum atomic E-state index is 12.0. The van der Waals surface area contributed by atoms with Gasteiger partial charge in [0.2, 0.25) is 5.91 Å². The van der Waals surface area contributed by atoms with Crippen LogP contribution >= 0.6 is 35.6 Å². The van der Waals surface area contributed by atoms with Crippen LogP contribution in [0.2, 0.25) is 10.0 Å². The Bertz CT molecular complexity index is 484. The van der Waals surface area contributed by atoms with Gasteiger partial charge in [-0.25, -0.2) is 0 Å². The number of carbonyl (C=O) groups excluding carboxylic acids is 1. The van der Waals surface area contributed by atoms with E-state index < -0.39 is 0 Å². The molecule has 0 aromatic heterocycles. The first kappa shape index (κ1) is 20.6. The second kappa shape index (κ2) is 10.4. The predicted molar refractivity (Wildman–Crippen MR) is 99.8 cm³/mol. The summed E-state index contributed by atoms with van der Waals surface area (Å²) in [6.45, 7) is 4.96. The molecular weight excluding hydrogens is 355 g/mol. The summed E-state index contributed by atoms with van der Waals surface area (Å²) in [5.41, 5.74) is 1.05. The molecule has 0 bridgehead atoms. The molecule has 23 heavy (non-hydrogen) atoms. The Morgan fingerprint density at radius 3 is 2.48 bits per heavy atom. The van der Waals surface area contributed by atoms with Crippen molar-refractivity contribution in [1.29, 1.82) is 0 Å². The summed E-state index contributed by atoms with van der Waals surface area (Å²) in [4.78, 5) is 12.0. The van der Waals surface area contributed by atoms with Crippen LogP contribution in [0.1, 0.15) is 31.7 Å². The minimum absolute atomic E-state index is 0. The minimum atomic E-state index is 0. The van der Waals surface area contributed by atoms with Gasteiger partial charge in [0.15, 0.2) is 0 Å². The van der Waals surface area contributed by atoms with E-state index in [0.717, 1.165) is 25.1 Å². The molecule has 1 aromatic carbocycles. The van der Waals surface area contributed by atoms with Crippen LogP contribution in [0.3, 0.4) is 0 Å². The number of rotatable bonds is 6. The number of amides is 1. The molecule has 1 unspecified atom stereocenters. The zero-order valence-corrected chi connectivity index (χ0v) is 15.7. The first-order valence-electron chi connectivity index (χ1n) is 7.97. The van der Waals surface area contributed by atoms with E-state index in [4.69, 9.17) is 23.2 Å². The fourth-order valence-corrected chi connectivity index (χ4v) is 3.62. The zero-order valence-electron chi connectivity index (χ0n) is 13.4. The van der Waals surface area contributed by atoms with Crippen LogP contribution in [-0.2, 0) is 11.2 Å². The van der Waals surface area contributed by atoms with Gasteiger partial charge in [0.25, 0.3) is 0 Å². The molecule has 0 saturated carbocycles. The number of carbonyl (C=O) groups is 1. The lowest BCUT2D eigenvalue weighted by molar-refractivity contribution is -0.122. The molecule has 0 aliphatic carbocycles. The van der Waals surface area contributed by atoms with Crippen LogP contribution in [0.5, 0.6) is 0 Å². The summed E-state index contributed by atoms with van der Waals surface area (Å²) >= 11 is 11.9. The molecule has 130 valence electrons. The molecular formula is C17H25Cl3N2O. The highest BCUT2D eigenvalue weighted by molar-refractivity contribution is 6.34. The molecule has 0 radical (unpaired) electrons. The number of piperidine rings is 1. The molecule has 3 nitrogen and oxygen atoms in total. The van der Waals surface area contributed by atoms with Gasteiger partial charge in [-0.1, -0.05) is 30.1 Å². The van der Waals surface area contributed by atoms with Crippen molar-refractivity contribution in [3.63, 3.8) is 0 Å². The van der Waals surface area contributed by atoms with Crippen LogP contribution in [0.15, 0.2) is 18.2 Å². The maximum Gasteiger partial charge on any atom is 0.220 e. The molecule has 1 atom stereocenters. The summed E-state index contributed by atoms with van der Waals surface area (Å²) in [6.07, 6.45) is 3.71. The van der Waals surface area contributed by atoms with E-state index in [1.54, 1.807) is 6.07 Å². The average Bonchev–Trinajstić information content (AvgIpc) is 2.47. The molecule has 1 aliphatic heterocycles. The van der Waals surface area contributed by atoms with Crippen molar-refractivity contribution in [3.8, 4) is 0 Å². The van der Waals surface area contributed by atoms with Crippen LogP contribution in [-0.4, -0.2) is 25.5 Å². The van der Waals surface area contributed by atoms with Crippen molar-refractivity contribution in [2.45, 2.75) is 32.6 Å². The lowest BCUT2D eigenvalue weighted by atomic mass is 9.84. The largest absolute Gasteiger partial charge is 0.356 e. The lowest BCUT2D eigenvalue weighted by Crippen LogP contribution is -2.34. The van der Waals surface area contributed by atoms with E-state index in [0.29, 0.717) is 34.8 Å². The molecule has 2 N–H and O–H groups in total. The van der Waals surface area contributed by atoms with E-state index in [1.807, 2.05) is 12.1 Å². The highest BCUT2D eigenvalue weighted by atomic mass is 35.5. The Morgan fingerprint density at radius 1 is 1.26 bits per heavy atom. The predicted octanol–water partition coefficient (Wildman–Crippen LogP) is 4.10. The topological polar surface area (TPSA) is 41.1 Å². The molecule has 2 rings (SSSR count). The van der Waals surface area contributed by atoms with Gasteiger partial charge in [0.1, 0.15) is 0 Å². The number of hydrogen-bond donors (Lipinski definition) is 2. The summed E-state index contributed by atoms with van der Waals surface area (Å²) < 4.78 is 0. The lowest BCUT2D eigenvalue weighted by Gasteiger charge is -2.27. The first-order chi connectivity index (χ1) is 10.5. The average molecular weight is 380 g/mol. The van der Waals surface area contributed by atoms with Gasteiger partial charge in [0.05, 0.1) is 0 Å². The third kappa shape index (κ3) is 7.30. The molecule has 1 aliphatic rings. The van der Waals surface area contributed by atoms with E-state index in [9.17, 15) is 4.79 Å². The van der Waals surface area contributed by atoms with Crippen molar-refractivity contribution in [1.82, 2.24) is 10.6 Å². The van der Waals surface area contributed by atoms with Gasteiger partial charge in [0, 0.05) is 23.0 Å². The van der Waals surface area contributed by atoms with Gasteiger partial charge >= 0.3 is 0 Å². The third-order valence-corrected chi connectivity index (χ3v) is 4.79. The van der Waals surface area contributed by atoms with Gasteiger partial charge in [-0.3, -0.25) is 4.79 Å². The minimum Gasteiger partial charge on any atom is -0.356 e. The molecule has 1 heterocycles. The third-order valence-electron chi connectivity index (χ3n) is 4.35. The number of nitrogens with one attached hydrogen (secondary N) is 2. The van der Waals surface area contributed by atoms with E-state index in [-0.39, 0.29) is 18.3 Å². The Balaban J connectivity index is 0.00000264. The molecule has 6 heteroatoms. The second-order valence-electron chi connectivity index (χ2n) is 6.15. The normalized spacial score (nSPS) is 16.5. The monoisotopic (exact) mass is 378 g/mol. The summed E-state index contributed by atoms with van der Waals surface area (Å²) in [6, 6.07) is 5.49. The quantitative estimate of drug-likeness (QED) is 0.781. The first-order valence-corrected chi connectivity index (χ1v) is 8.72. The maximum absolute atomic E-state index is 12.0. The Morgan fingerprint density at radius 2 is 1.87 bits per heavy atom. The van der Waals surface area contributed by atoms with Crippen LogP contribution in [0, 0.1) is 11.8 Å². The van der Waals surface area contributed by atoms with Crippen LogP contribution in [0.4, 0.5) is 0 Å². The molecule has 1 amide bonds. The van der Waals surface area contributed by atoms with Crippen LogP contribution < -0.4 is 10.6 Å². The van der Waals surface area contributed by atoms with Crippen molar-refractivity contribution in [3.05, 3.63) is 33.8 Å². The molecule has 0 spiro atoms. The van der Waals surface area contributed by atoms with Crippen LogP contribution in [0.25, 0.3) is 0 Å². The number of benzene rings is 1. The van der Waals surface area contributed by atoms with E-state index in [2.05, 4.69) is 17.6 Å². The highest BCUT2D eigenvalue weighted by Crippen LogP contribution is 2.24. The Hall–Kier alpha value is -0.480. The van der Waals surface area contributed by atoms with E-state index in [1.165, 1.54) is 12.8 Å². The molecule has 1 saturated heterocycles. The van der Waals surface area contributed by atoms with Crippen molar-refractivity contribution >= 4 is 41.5 Å². The zero-order chi connectivity index (χ0) is 15.9. The summed E-state index contributed by atoms with van der Waals surface area (Å²) in [5, 5.41) is 7.63. The fourth-order valence-electron chi connectivity index (χ4n) is 3.05. The number of hydrogen-bond acceptors (Lipinski definition) is 2. The number of halogens is 3. The second-order valence-corrected chi connectivity index (χ2v) is 7.02. The van der Waals surface area contributed by atoms with Gasteiger partial charge in [-0.15, -0.1) is 12.4 Å². The van der Waals surface area contributed by atoms with Crippen molar-refractivity contribution in [2.24, 2.45) is 11.8 Å². The van der Waals surface area contributed by atoms with Gasteiger partial charge in [-0.05, 0) is 68.0 Å². The van der Waals surface area contributed by atoms with E-state index >= 15 is 0 Å².